The summed E-state index contributed by atoms with van der Waals surface area (Å²) in [5.74, 6) is -0.267. The lowest BCUT2D eigenvalue weighted by Gasteiger charge is -2.08. The number of Topliss-reactive ketones (excluding diaryl/α,β-unsaturated/α-hetero) is 1. The van der Waals surface area contributed by atoms with E-state index < -0.39 is 5.97 Å². The van der Waals surface area contributed by atoms with E-state index in [9.17, 15) is 9.59 Å². The van der Waals surface area contributed by atoms with E-state index in [2.05, 4.69) is 4.98 Å². The molecule has 3 aromatic rings. The van der Waals surface area contributed by atoms with E-state index in [1.54, 1.807) is 20.1 Å². The Hall–Kier alpha value is -3.19. The highest BCUT2D eigenvalue weighted by molar-refractivity contribution is 6.00. The first-order chi connectivity index (χ1) is 13.9. The van der Waals surface area contributed by atoms with E-state index in [1.807, 2.05) is 48.7 Å². The summed E-state index contributed by atoms with van der Waals surface area (Å²) in [4.78, 5) is 29.2. The Kier molecular flexibility index (Phi) is 6.29. The minimum Gasteiger partial charge on any atom is -0.452 e. The van der Waals surface area contributed by atoms with Gasteiger partial charge in [-0.1, -0.05) is 18.2 Å². The summed E-state index contributed by atoms with van der Waals surface area (Å²) < 4.78 is 17.9. The van der Waals surface area contributed by atoms with Crippen LogP contribution in [0.4, 0.5) is 0 Å². The number of carbonyl (C=O) groups is 2. The van der Waals surface area contributed by atoms with Crippen molar-refractivity contribution in [3.05, 3.63) is 64.8 Å². The van der Waals surface area contributed by atoms with Crippen LogP contribution < -0.4 is 0 Å². The lowest BCUT2D eigenvalue weighted by Crippen LogP contribution is -2.16. The first-order valence-corrected chi connectivity index (χ1v) is 9.31. The first kappa shape index (κ1) is 20.5. The van der Waals surface area contributed by atoms with Gasteiger partial charge in [0.15, 0.2) is 12.3 Å². The Balaban J connectivity index is 1.68. The number of ether oxygens (including phenoxy) is 2. The molecule has 7 nitrogen and oxygen atoms in total. The molecule has 7 heteroatoms. The van der Waals surface area contributed by atoms with Gasteiger partial charge in [0, 0.05) is 36.2 Å². The lowest BCUT2D eigenvalue weighted by molar-refractivity contribution is 0.0467. The summed E-state index contributed by atoms with van der Waals surface area (Å²) in [6.45, 7) is 6.28. The molecule has 0 N–H and O–H groups in total. The van der Waals surface area contributed by atoms with Crippen LogP contribution in [-0.2, 0) is 16.0 Å². The monoisotopic (exact) mass is 396 g/mol. The molecule has 0 aliphatic heterocycles. The second-order valence-corrected chi connectivity index (χ2v) is 6.72. The van der Waals surface area contributed by atoms with Crippen molar-refractivity contribution < 1.29 is 23.5 Å². The molecule has 0 fully saturated rings. The van der Waals surface area contributed by atoms with Crippen molar-refractivity contribution >= 4 is 11.8 Å². The number of benzene rings is 1. The van der Waals surface area contributed by atoms with Gasteiger partial charge in [-0.15, -0.1) is 0 Å². The highest BCUT2D eigenvalue weighted by Crippen LogP contribution is 2.22. The number of methoxy groups -OCH3 is 1. The van der Waals surface area contributed by atoms with Crippen LogP contribution in [0.1, 0.15) is 38.0 Å². The molecule has 0 amide bonds. The second-order valence-electron chi connectivity index (χ2n) is 6.72. The Bertz CT molecular complexity index is 1020. The number of nitrogens with zero attached hydrogens (tertiary/aromatic N) is 2. The van der Waals surface area contributed by atoms with Crippen LogP contribution in [0.5, 0.6) is 0 Å². The minimum atomic E-state index is -0.685. The normalized spacial score (nSPS) is 10.9. The number of hydrogen-bond acceptors (Lipinski definition) is 6. The summed E-state index contributed by atoms with van der Waals surface area (Å²) in [6.07, 6.45) is 0. The van der Waals surface area contributed by atoms with Gasteiger partial charge in [0.05, 0.1) is 6.61 Å². The summed E-state index contributed by atoms with van der Waals surface area (Å²) in [6, 6.07) is 11.1. The zero-order chi connectivity index (χ0) is 21.0. The Morgan fingerprint density at radius 2 is 1.86 bits per heavy atom. The van der Waals surface area contributed by atoms with E-state index >= 15 is 0 Å². The third-order valence-corrected chi connectivity index (χ3v) is 4.74. The number of aryl methyl sites for hydroxylation is 2. The van der Waals surface area contributed by atoms with Gasteiger partial charge in [-0.05, 0) is 39.0 Å². The van der Waals surface area contributed by atoms with Gasteiger partial charge < -0.3 is 18.5 Å². The molecule has 0 unspecified atom stereocenters. The molecule has 0 saturated carbocycles. The molecule has 29 heavy (non-hydrogen) atoms. The summed E-state index contributed by atoms with van der Waals surface area (Å²) in [5.41, 5.74) is 3.14. The highest BCUT2D eigenvalue weighted by atomic mass is 16.5. The van der Waals surface area contributed by atoms with E-state index in [4.69, 9.17) is 13.9 Å². The number of carbonyl (C=O) groups excluding carboxylic acids is 2. The van der Waals surface area contributed by atoms with Crippen LogP contribution >= 0.6 is 0 Å². The zero-order valence-corrected chi connectivity index (χ0v) is 17.0. The van der Waals surface area contributed by atoms with Crippen LogP contribution in [0.25, 0.3) is 11.5 Å². The van der Waals surface area contributed by atoms with Gasteiger partial charge in [-0.25, -0.2) is 9.78 Å². The molecule has 152 valence electrons. The lowest BCUT2D eigenvalue weighted by atomic mass is 10.1. The first-order valence-electron chi connectivity index (χ1n) is 9.31. The van der Waals surface area contributed by atoms with Crippen LogP contribution in [0.3, 0.4) is 0 Å². The fourth-order valence-corrected chi connectivity index (χ4v) is 3.18. The topological polar surface area (TPSA) is 83.6 Å². The number of oxazole rings is 1. The summed E-state index contributed by atoms with van der Waals surface area (Å²) in [7, 11) is 1.63. The van der Waals surface area contributed by atoms with Gasteiger partial charge in [0.25, 0.3) is 0 Å². The third-order valence-electron chi connectivity index (χ3n) is 4.74. The van der Waals surface area contributed by atoms with Crippen LogP contribution in [0.15, 0.2) is 40.8 Å². The summed E-state index contributed by atoms with van der Waals surface area (Å²) in [5, 5.41) is 0. The fourth-order valence-electron chi connectivity index (χ4n) is 3.18. The van der Waals surface area contributed by atoms with E-state index in [1.165, 1.54) is 0 Å². The van der Waals surface area contributed by atoms with E-state index in [0.29, 0.717) is 30.4 Å². The maximum absolute atomic E-state index is 12.6. The third kappa shape index (κ3) is 4.46. The largest absolute Gasteiger partial charge is 0.452 e. The molecule has 0 aliphatic carbocycles. The molecular formula is C22H24N2O5. The van der Waals surface area contributed by atoms with Crippen molar-refractivity contribution in [2.24, 2.45) is 0 Å². The molecule has 0 atom stereocenters. The van der Waals surface area contributed by atoms with Gasteiger partial charge in [0.1, 0.15) is 5.76 Å². The number of aromatic nitrogens is 2. The van der Waals surface area contributed by atoms with Gasteiger partial charge in [0.2, 0.25) is 11.7 Å². The van der Waals surface area contributed by atoms with Crippen molar-refractivity contribution in [1.82, 2.24) is 9.55 Å². The van der Waals surface area contributed by atoms with Crippen LogP contribution in [0, 0.1) is 20.8 Å². The summed E-state index contributed by atoms with van der Waals surface area (Å²) >= 11 is 0. The maximum Gasteiger partial charge on any atom is 0.361 e. The molecule has 2 aromatic heterocycles. The Labute approximate surface area is 169 Å². The van der Waals surface area contributed by atoms with Gasteiger partial charge >= 0.3 is 5.97 Å². The molecule has 3 rings (SSSR count). The maximum atomic E-state index is 12.6. The average Bonchev–Trinajstić information content (AvgIpc) is 3.25. The average molecular weight is 396 g/mol. The highest BCUT2D eigenvalue weighted by Gasteiger charge is 2.22. The molecule has 0 spiro atoms. The zero-order valence-electron chi connectivity index (χ0n) is 17.0. The number of rotatable bonds is 8. The van der Waals surface area contributed by atoms with Crippen LogP contribution in [0.2, 0.25) is 0 Å². The van der Waals surface area contributed by atoms with Crippen molar-refractivity contribution in [3.8, 4) is 11.5 Å². The van der Waals surface area contributed by atoms with Crippen molar-refractivity contribution in [2.75, 3.05) is 20.3 Å². The Morgan fingerprint density at radius 1 is 1.14 bits per heavy atom. The van der Waals surface area contributed by atoms with E-state index in [0.717, 1.165) is 17.0 Å². The molecule has 2 heterocycles. The molecular weight excluding hydrogens is 372 g/mol. The van der Waals surface area contributed by atoms with Crippen LogP contribution in [-0.4, -0.2) is 41.6 Å². The Morgan fingerprint density at radius 3 is 2.55 bits per heavy atom. The van der Waals surface area contributed by atoms with E-state index in [-0.39, 0.29) is 18.1 Å². The molecule has 0 bridgehead atoms. The second kappa shape index (κ2) is 8.87. The van der Waals surface area contributed by atoms with Gasteiger partial charge in [-0.3, -0.25) is 4.79 Å². The minimum absolute atomic E-state index is 0.0715. The quantitative estimate of drug-likeness (QED) is 0.426. The fraction of sp³-hybridized carbons (Fsp3) is 0.318. The predicted molar refractivity (Wildman–Crippen MR) is 107 cm³/mol. The number of ketones is 1. The number of esters is 1. The van der Waals surface area contributed by atoms with Crippen molar-refractivity contribution in [2.45, 2.75) is 27.3 Å². The molecule has 1 aromatic carbocycles. The number of hydrogen-bond donors (Lipinski definition) is 0. The van der Waals surface area contributed by atoms with Gasteiger partial charge in [-0.2, -0.15) is 0 Å². The van der Waals surface area contributed by atoms with Crippen molar-refractivity contribution in [1.29, 1.82) is 0 Å². The SMILES string of the molecule is COCCn1c(C)cc(C(=O)COC(=O)c2nc(-c3ccccc3)oc2C)c1C. The predicted octanol–water partition coefficient (Wildman–Crippen LogP) is 3.75. The van der Waals surface area contributed by atoms with Crippen molar-refractivity contribution in [3.63, 3.8) is 0 Å². The molecule has 0 saturated heterocycles. The standard InChI is InChI=1S/C22H24N2O5/c1-14-12-18(15(2)24(14)10-11-27-4)19(25)13-28-22(26)20-16(3)29-21(23-20)17-8-6-5-7-9-17/h5-9,12H,10-11,13H2,1-4H3. The molecule has 0 radical (unpaired) electrons. The molecule has 0 aliphatic rings. The smallest absolute Gasteiger partial charge is 0.361 e.